The van der Waals surface area contributed by atoms with Gasteiger partial charge in [-0.2, -0.15) is 0 Å². The van der Waals surface area contributed by atoms with Gasteiger partial charge in [0.25, 0.3) is 5.91 Å². The Hall–Kier alpha value is -3.02. The molecule has 3 aromatic rings. The van der Waals surface area contributed by atoms with Crippen molar-refractivity contribution in [2.45, 2.75) is 76.9 Å². The van der Waals surface area contributed by atoms with Crippen LogP contribution in [0.4, 0.5) is 0 Å². The molecule has 1 N–H and O–H groups in total. The van der Waals surface area contributed by atoms with Crippen LogP contribution in [0.3, 0.4) is 0 Å². The van der Waals surface area contributed by atoms with Crippen LogP contribution in [0.2, 0.25) is 10.0 Å². The smallest absolute Gasteiger partial charge is 0.261 e. The molecule has 0 spiro atoms. The van der Waals surface area contributed by atoms with Crippen LogP contribution >= 0.6 is 23.2 Å². The van der Waals surface area contributed by atoms with Gasteiger partial charge < -0.3 is 15.0 Å². The molecule has 1 fully saturated rings. The lowest BCUT2D eigenvalue weighted by Gasteiger charge is -2.32. The van der Waals surface area contributed by atoms with Crippen LogP contribution < -0.4 is 10.1 Å². The summed E-state index contributed by atoms with van der Waals surface area (Å²) in [7, 11) is 0. The lowest BCUT2D eigenvalue weighted by molar-refractivity contribution is -0.143. The summed E-state index contributed by atoms with van der Waals surface area (Å²) in [5.41, 5.74) is 2.61. The zero-order chi connectivity index (χ0) is 28.7. The first kappa shape index (κ1) is 30.0. The predicted octanol–water partition coefficient (Wildman–Crippen LogP) is 7.37. The summed E-state index contributed by atoms with van der Waals surface area (Å²) in [6.45, 7) is 6.32. The van der Waals surface area contributed by atoms with E-state index in [1.54, 1.807) is 17.0 Å². The van der Waals surface area contributed by atoms with Crippen molar-refractivity contribution in [2.75, 3.05) is 6.61 Å². The molecule has 5 nitrogen and oxygen atoms in total. The lowest BCUT2D eigenvalue weighted by atomic mass is 9.86. The van der Waals surface area contributed by atoms with Gasteiger partial charge in [0.2, 0.25) is 5.91 Å². The number of ether oxygens (including phenoxy) is 1. The fourth-order valence-electron chi connectivity index (χ4n) is 5.19. The molecule has 0 heterocycles. The first-order valence-electron chi connectivity index (χ1n) is 13.9. The fourth-order valence-corrected chi connectivity index (χ4v) is 5.51. The van der Waals surface area contributed by atoms with Crippen molar-refractivity contribution >= 4 is 35.0 Å². The predicted molar refractivity (Wildman–Crippen MR) is 162 cm³/mol. The van der Waals surface area contributed by atoms with Crippen LogP contribution in [0.25, 0.3) is 0 Å². The maximum Gasteiger partial charge on any atom is 0.261 e. The number of halogens is 2. The van der Waals surface area contributed by atoms with E-state index >= 15 is 0 Å². The van der Waals surface area contributed by atoms with Crippen LogP contribution in [0.15, 0.2) is 72.8 Å². The summed E-state index contributed by atoms with van der Waals surface area (Å²) in [6.07, 6.45) is 4.49. The van der Waals surface area contributed by atoms with Gasteiger partial charge in [-0.15, -0.1) is 0 Å². The van der Waals surface area contributed by atoms with Gasteiger partial charge in [-0.1, -0.05) is 111 Å². The summed E-state index contributed by atoms with van der Waals surface area (Å²) in [5.74, 6) is 0.226. The Kier molecular flexibility index (Phi) is 10.2. The van der Waals surface area contributed by atoms with Crippen molar-refractivity contribution in [2.24, 2.45) is 0 Å². The van der Waals surface area contributed by atoms with E-state index in [2.05, 4.69) is 26.1 Å². The third-order valence-corrected chi connectivity index (χ3v) is 8.09. The SMILES string of the molecule is CC(C)(C)c1ccccc1OCC(=O)N(Cc1ccc(Cl)c(Cl)c1)C(Cc1ccccc1)C(=O)NC1CCCC1. The van der Waals surface area contributed by atoms with Crippen molar-refractivity contribution in [1.82, 2.24) is 10.2 Å². The second kappa shape index (κ2) is 13.6. The molecular weight excluding hydrogens is 543 g/mol. The number of nitrogens with one attached hydrogen (secondary N) is 1. The van der Waals surface area contributed by atoms with E-state index in [1.165, 1.54) is 0 Å². The lowest BCUT2D eigenvalue weighted by Crippen LogP contribution is -2.53. The van der Waals surface area contributed by atoms with E-state index in [0.717, 1.165) is 42.4 Å². The second-order valence-corrected chi connectivity index (χ2v) is 12.3. The molecule has 2 amide bonds. The quantitative estimate of drug-likeness (QED) is 0.272. The summed E-state index contributed by atoms with van der Waals surface area (Å²) >= 11 is 12.5. The number of carbonyl (C=O) groups is 2. The zero-order valence-electron chi connectivity index (χ0n) is 23.5. The molecule has 4 rings (SSSR count). The molecule has 0 saturated heterocycles. The molecule has 1 saturated carbocycles. The first-order valence-corrected chi connectivity index (χ1v) is 14.7. The van der Waals surface area contributed by atoms with Crippen molar-refractivity contribution in [3.8, 4) is 5.75 Å². The monoisotopic (exact) mass is 580 g/mol. The Morgan fingerprint density at radius 3 is 2.27 bits per heavy atom. The number of carbonyl (C=O) groups excluding carboxylic acids is 2. The van der Waals surface area contributed by atoms with E-state index in [1.807, 2.05) is 60.7 Å². The molecule has 3 aromatic carbocycles. The fraction of sp³-hybridized carbons (Fsp3) is 0.394. The molecule has 0 aliphatic heterocycles. The molecule has 0 aromatic heterocycles. The first-order chi connectivity index (χ1) is 19.1. The third-order valence-electron chi connectivity index (χ3n) is 7.36. The van der Waals surface area contributed by atoms with E-state index < -0.39 is 6.04 Å². The maximum absolute atomic E-state index is 14.0. The zero-order valence-corrected chi connectivity index (χ0v) is 25.0. The molecule has 0 radical (unpaired) electrons. The largest absolute Gasteiger partial charge is 0.483 e. The number of amides is 2. The molecule has 0 bridgehead atoms. The minimum Gasteiger partial charge on any atom is -0.483 e. The Labute approximate surface area is 247 Å². The Balaban J connectivity index is 1.65. The number of rotatable bonds is 10. The number of benzene rings is 3. The molecule has 1 unspecified atom stereocenters. The van der Waals surface area contributed by atoms with Gasteiger partial charge >= 0.3 is 0 Å². The topological polar surface area (TPSA) is 58.6 Å². The van der Waals surface area contributed by atoms with Crippen LogP contribution in [0.5, 0.6) is 5.75 Å². The molecule has 1 atom stereocenters. The molecule has 1 aliphatic carbocycles. The van der Waals surface area contributed by atoms with Crippen molar-refractivity contribution in [1.29, 1.82) is 0 Å². The summed E-state index contributed by atoms with van der Waals surface area (Å²) in [6, 6.07) is 22.2. The molecule has 1 aliphatic rings. The van der Waals surface area contributed by atoms with Crippen LogP contribution in [-0.4, -0.2) is 35.4 Å². The summed E-state index contributed by atoms with van der Waals surface area (Å²) < 4.78 is 6.13. The van der Waals surface area contributed by atoms with E-state index in [0.29, 0.717) is 22.2 Å². The number of hydrogen-bond acceptors (Lipinski definition) is 3. The standard InChI is InChI=1S/C33H38Cl2N2O3/c1-33(2,3)26-15-9-10-16-30(26)40-22-31(38)37(21-24-17-18-27(34)28(35)19-24)29(20-23-11-5-4-6-12-23)32(39)36-25-13-7-8-14-25/h4-6,9-12,15-19,25,29H,7-8,13-14,20-22H2,1-3H3,(H,36,39). The van der Waals surface area contributed by atoms with E-state index in [-0.39, 0.29) is 36.4 Å². The molecular formula is C33H38Cl2N2O3. The molecule has 40 heavy (non-hydrogen) atoms. The van der Waals surface area contributed by atoms with Gasteiger partial charge in [0, 0.05) is 19.0 Å². The normalized spacial score (nSPS) is 14.5. The van der Waals surface area contributed by atoms with Gasteiger partial charge in [0.15, 0.2) is 6.61 Å². The van der Waals surface area contributed by atoms with Gasteiger partial charge in [0.1, 0.15) is 11.8 Å². The highest BCUT2D eigenvalue weighted by molar-refractivity contribution is 6.42. The summed E-state index contributed by atoms with van der Waals surface area (Å²) in [5, 5.41) is 4.06. The van der Waals surface area contributed by atoms with Gasteiger partial charge in [-0.25, -0.2) is 0 Å². The highest BCUT2D eigenvalue weighted by Gasteiger charge is 2.33. The minimum atomic E-state index is -0.730. The van der Waals surface area contributed by atoms with Gasteiger partial charge in [-0.05, 0) is 53.1 Å². The third kappa shape index (κ3) is 8.02. The number of nitrogens with zero attached hydrogens (tertiary/aromatic N) is 1. The van der Waals surface area contributed by atoms with E-state index in [9.17, 15) is 9.59 Å². The van der Waals surface area contributed by atoms with Crippen molar-refractivity contribution in [3.63, 3.8) is 0 Å². The minimum absolute atomic E-state index is 0.127. The maximum atomic E-state index is 14.0. The Bertz CT molecular complexity index is 1300. The Morgan fingerprint density at radius 1 is 0.925 bits per heavy atom. The number of para-hydroxylation sites is 1. The highest BCUT2D eigenvalue weighted by atomic mass is 35.5. The van der Waals surface area contributed by atoms with Gasteiger partial charge in [0.05, 0.1) is 10.0 Å². The van der Waals surface area contributed by atoms with Crippen LogP contribution in [0, 0.1) is 0 Å². The molecule has 212 valence electrons. The number of hydrogen-bond donors (Lipinski definition) is 1. The van der Waals surface area contributed by atoms with Crippen LogP contribution in [-0.2, 0) is 28.0 Å². The second-order valence-electron chi connectivity index (χ2n) is 11.5. The average Bonchev–Trinajstić information content (AvgIpc) is 3.44. The summed E-state index contributed by atoms with van der Waals surface area (Å²) in [4.78, 5) is 29.4. The van der Waals surface area contributed by atoms with Crippen molar-refractivity contribution < 1.29 is 14.3 Å². The highest BCUT2D eigenvalue weighted by Crippen LogP contribution is 2.31. The average molecular weight is 582 g/mol. The van der Waals surface area contributed by atoms with Gasteiger partial charge in [-0.3, -0.25) is 9.59 Å². The van der Waals surface area contributed by atoms with Crippen molar-refractivity contribution in [3.05, 3.63) is 99.5 Å². The Morgan fingerprint density at radius 2 is 1.60 bits per heavy atom. The van der Waals surface area contributed by atoms with Crippen LogP contribution in [0.1, 0.15) is 63.1 Å². The molecule has 7 heteroatoms. The van der Waals surface area contributed by atoms with E-state index in [4.69, 9.17) is 27.9 Å².